The van der Waals surface area contributed by atoms with Crippen LogP contribution in [0.25, 0.3) is 39.0 Å². The standard InChI is InChI=1S/C40H46F3N7O4/c1-4-26-20-29-35(36(53-24-40(41,42)43)34(26)33-25(3)6-7-31-30(33)21-44-47-31)45-38(54-28-8-14-48(15-9-28)27-10-18-52-19-11-27)46-37(29)49-16-12-39(13-17-49)22-50(23-39)32(51)5-2/h4-7,20-21,27-28H,1-2,8-19,22-24H2,3H3,(H,44,47). The van der Waals surface area contributed by atoms with Crippen molar-refractivity contribution in [1.29, 1.82) is 0 Å². The zero-order valence-corrected chi connectivity index (χ0v) is 30.6. The van der Waals surface area contributed by atoms with Crippen molar-refractivity contribution in [2.75, 3.05) is 64.0 Å². The van der Waals surface area contributed by atoms with E-state index in [2.05, 4.69) is 33.2 Å². The summed E-state index contributed by atoms with van der Waals surface area (Å²) >= 11 is 0. The lowest BCUT2D eigenvalue weighted by molar-refractivity contribution is -0.153. The van der Waals surface area contributed by atoms with E-state index in [-0.39, 0.29) is 34.7 Å². The smallest absolute Gasteiger partial charge is 0.422 e. The van der Waals surface area contributed by atoms with E-state index in [9.17, 15) is 18.0 Å². The van der Waals surface area contributed by atoms with E-state index in [0.717, 1.165) is 81.3 Å². The molecule has 54 heavy (non-hydrogen) atoms. The number of nitrogens with zero attached hydrogens (tertiary/aromatic N) is 6. The van der Waals surface area contributed by atoms with Crippen LogP contribution in [0, 0.1) is 12.3 Å². The van der Waals surface area contributed by atoms with Crippen LogP contribution in [0.5, 0.6) is 11.8 Å². The van der Waals surface area contributed by atoms with Crippen LogP contribution < -0.4 is 14.4 Å². The maximum atomic E-state index is 14.0. The van der Waals surface area contributed by atoms with E-state index in [0.29, 0.717) is 60.1 Å². The van der Waals surface area contributed by atoms with Gasteiger partial charge in [-0.15, -0.1) is 0 Å². The molecule has 0 radical (unpaired) electrons. The van der Waals surface area contributed by atoms with Gasteiger partial charge in [0, 0.05) is 80.3 Å². The van der Waals surface area contributed by atoms with Gasteiger partial charge < -0.3 is 24.0 Å². The number of hydrogen-bond acceptors (Lipinski definition) is 9. The average molecular weight is 746 g/mol. The molecular weight excluding hydrogens is 699 g/mol. The number of H-pyrrole nitrogens is 1. The summed E-state index contributed by atoms with van der Waals surface area (Å²) in [6, 6.07) is 6.31. The first-order chi connectivity index (χ1) is 26.0. The Hall–Kier alpha value is -4.69. The molecule has 4 saturated heterocycles. The molecule has 0 atom stereocenters. The Morgan fingerprint density at radius 2 is 1.78 bits per heavy atom. The number of aryl methyl sites for hydroxylation is 1. The van der Waals surface area contributed by atoms with Gasteiger partial charge in [-0.2, -0.15) is 28.2 Å². The average Bonchev–Trinajstić information content (AvgIpc) is 3.65. The molecule has 286 valence electrons. The number of likely N-dealkylation sites (tertiary alicyclic amines) is 2. The number of benzene rings is 2. The highest BCUT2D eigenvalue weighted by atomic mass is 19.4. The molecule has 8 rings (SSSR count). The second-order valence-corrected chi connectivity index (χ2v) is 15.2. The van der Waals surface area contributed by atoms with Crippen LogP contribution in [0.4, 0.5) is 19.0 Å². The van der Waals surface area contributed by atoms with Crippen molar-refractivity contribution in [3.8, 4) is 22.9 Å². The molecule has 0 unspecified atom stereocenters. The maximum Gasteiger partial charge on any atom is 0.422 e. The molecule has 1 spiro atoms. The summed E-state index contributed by atoms with van der Waals surface area (Å²) in [7, 11) is 0. The largest absolute Gasteiger partial charge is 0.481 e. The molecule has 14 heteroatoms. The van der Waals surface area contributed by atoms with E-state index in [1.165, 1.54) is 6.08 Å². The summed E-state index contributed by atoms with van der Waals surface area (Å²) in [5.74, 6) is 0.503. The van der Waals surface area contributed by atoms with Crippen LogP contribution in [0.2, 0.25) is 0 Å². The number of aromatic amines is 1. The van der Waals surface area contributed by atoms with Crippen molar-refractivity contribution in [1.82, 2.24) is 30.0 Å². The summed E-state index contributed by atoms with van der Waals surface area (Å²) in [5, 5.41) is 8.51. The Bertz CT molecular complexity index is 2050. The third-order valence-corrected chi connectivity index (χ3v) is 11.7. The van der Waals surface area contributed by atoms with Gasteiger partial charge in [-0.1, -0.05) is 25.3 Å². The van der Waals surface area contributed by atoms with Gasteiger partial charge in [0.2, 0.25) is 5.91 Å². The quantitative estimate of drug-likeness (QED) is 0.187. The lowest BCUT2D eigenvalue weighted by Gasteiger charge is -2.54. The summed E-state index contributed by atoms with van der Waals surface area (Å²) < 4.78 is 60.0. The molecule has 0 saturated carbocycles. The lowest BCUT2D eigenvalue weighted by atomic mass is 9.72. The van der Waals surface area contributed by atoms with Gasteiger partial charge in [-0.05, 0) is 80.3 Å². The zero-order valence-electron chi connectivity index (χ0n) is 30.6. The van der Waals surface area contributed by atoms with Gasteiger partial charge >= 0.3 is 12.2 Å². The number of amides is 1. The van der Waals surface area contributed by atoms with Gasteiger partial charge in [0.25, 0.3) is 0 Å². The van der Waals surface area contributed by atoms with Crippen molar-refractivity contribution in [2.24, 2.45) is 5.41 Å². The number of rotatable bonds is 9. The van der Waals surface area contributed by atoms with E-state index in [1.807, 2.05) is 30.0 Å². The monoisotopic (exact) mass is 745 g/mol. The number of hydrogen-bond donors (Lipinski definition) is 1. The molecule has 0 aliphatic carbocycles. The van der Waals surface area contributed by atoms with Crippen LogP contribution in [0.3, 0.4) is 0 Å². The highest BCUT2D eigenvalue weighted by molar-refractivity contribution is 6.07. The Morgan fingerprint density at radius 1 is 1.04 bits per heavy atom. The highest BCUT2D eigenvalue weighted by Gasteiger charge is 2.46. The van der Waals surface area contributed by atoms with Gasteiger partial charge in [0.15, 0.2) is 12.4 Å². The molecule has 4 fully saturated rings. The first-order valence-electron chi connectivity index (χ1n) is 18.8. The van der Waals surface area contributed by atoms with E-state index in [4.69, 9.17) is 24.2 Å². The number of alkyl halides is 3. The van der Waals surface area contributed by atoms with Crippen molar-refractivity contribution in [3.63, 3.8) is 0 Å². The third kappa shape index (κ3) is 7.01. The Labute approximate surface area is 312 Å². The van der Waals surface area contributed by atoms with E-state index in [1.54, 1.807) is 12.3 Å². The number of nitrogens with one attached hydrogen (secondary N) is 1. The predicted molar refractivity (Wildman–Crippen MR) is 201 cm³/mol. The third-order valence-electron chi connectivity index (χ3n) is 11.7. The SMILES string of the molecule is C=CC(=O)N1CC2(CCN(c3nc(OC4CCN(C5CCOCC5)CC4)nc4c(OCC(F)(F)F)c(-c5c(C)ccc6[nH]ncc56)c(C=C)cc34)CC2)C1. The van der Waals surface area contributed by atoms with Gasteiger partial charge in [0.1, 0.15) is 17.4 Å². The van der Waals surface area contributed by atoms with E-state index < -0.39 is 12.8 Å². The van der Waals surface area contributed by atoms with Crippen molar-refractivity contribution < 1.29 is 32.2 Å². The Balaban J connectivity index is 1.21. The molecule has 2 aromatic carbocycles. The molecule has 1 N–H and O–H groups in total. The predicted octanol–water partition coefficient (Wildman–Crippen LogP) is 6.70. The van der Waals surface area contributed by atoms with Crippen LogP contribution >= 0.6 is 0 Å². The van der Waals surface area contributed by atoms with Crippen LogP contribution in [0.1, 0.15) is 49.7 Å². The summed E-state index contributed by atoms with van der Waals surface area (Å²) in [6.07, 6.45) is 5.13. The molecule has 0 bridgehead atoms. The number of fused-ring (bicyclic) bond motifs is 2. The maximum absolute atomic E-state index is 14.0. The zero-order chi connectivity index (χ0) is 37.6. The summed E-state index contributed by atoms with van der Waals surface area (Å²) in [5.41, 5.74) is 3.53. The van der Waals surface area contributed by atoms with Crippen molar-refractivity contribution in [2.45, 2.75) is 63.8 Å². The normalized spacial score (nSPS) is 20.0. The van der Waals surface area contributed by atoms with Crippen LogP contribution in [-0.2, 0) is 9.53 Å². The highest BCUT2D eigenvalue weighted by Crippen LogP contribution is 2.48. The van der Waals surface area contributed by atoms with Crippen LogP contribution in [0.15, 0.2) is 43.6 Å². The minimum Gasteiger partial charge on any atom is -0.481 e. The number of anilines is 1. The van der Waals surface area contributed by atoms with Gasteiger partial charge in [-0.25, -0.2) is 0 Å². The number of halogens is 3. The fourth-order valence-electron chi connectivity index (χ4n) is 8.80. The van der Waals surface area contributed by atoms with Crippen LogP contribution in [-0.4, -0.2) is 113 Å². The molecule has 6 heterocycles. The Morgan fingerprint density at radius 3 is 2.46 bits per heavy atom. The molecule has 1 amide bonds. The number of carbonyl (C=O) groups excluding carboxylic acids is 1. The molecule has 11 nitrogen and oxygen atoms in total. The minimum absolute atomic E-state index is 0.00888. The first kappa shape index (κ1) is 36.3. The fraction of sp³-hybridized carbons (Fsp3) is 0.500. The summed E-state index contributed by atoms with van der Waals surface area (Å²) in [4.78, 5) is 28.6. The molecule has 4 aromatic rings. The second-order valence-electron chi connectivity index (χ2n) is 15.2. The molecular formula is C40H46F3N7O4. The van der Waals surface area contributed by atoms with Crippen molar-refractivity contribution >= 4 is 39.6 Å². The van der Waals surface area contributed by atoms with E-state index >= 15 is 0 Å². The van der Waals surface area contributed by atoms with Gasteiger partial charge in [-0.3, -0.25) is 14.8 Å². The summed E-state index contributed by atoms with van der Waals surface area (Å²) in [6.45, 7) is 14.0. The number of aromatic nitrogens is 4. The molecule has 4 aliphatic rings. The topological polar surface area (TPSA) is 109 Å². The number of ether oxygens (including phenoxy) is 3. The van der Waals surface area contributed by atoms with Gasteiger partial charge in [0.05, 0.1) is 11.7 Å². The first-order valence-corrected chi connectivity index (χ1v) is 18.8. The van der Waals surface area contributed by atoms with Crippen molar-refractivity contribution in [3.05, 3.63) is 54.8 Å². The Kier molecular flexibility index (Phi) is 9.76. The minimum atomic E-state index is -4.61. The fourth-order valence-corrected chi connectivity index (χ4v) is 8.80. The second kappa shape index (κ2) is 14.5. The lowest BCUT2D eigenvalue weighted by Crippen LogP contribution is -2.61. The number of carbonyl (C=O) groups is 1. The molecule has 4 aliphatic heterocycles. The molecule has 2 aromatic heterocycles. The number of piperidine rings is 2.